The number of fused-ring (bicyclic) bond motifs is 1. The molecule has 2 heterocycles. The van der Waals surface area contributed by atoms with Crippen molar-refractivity contribution in [2.45, 2.75) is 26.2 Å². The monoisotopic (exact) mass is 375 g/mol. The van der Waals surface area contributed by atoms with Crippen LogP contribution in [-0.4, -0.2) is 53.1 Å². The summed E-state index contributed by atoms with van der Waals surface area (Å²) in [4.78, 5) is 11.5. The van der Waals surface area contributed by atoms with Crippen molar-refractivity contribution in [1.29, 1.82) is 0 Å². The summed E-state index contributed by atoms with van der Waals surface area (Å²) >= 11 is 0. The molecule has 0 spiro atoms. The molecule has 0 atom stereocenters. The molecule has 1 aromatic heterocycles. The van der Waals surface area contributed by atoms with E-state index in [0.29, 0.717) is 5.95 Å². The lowest BCUT2D eigenvalue weighted by Gasteiger charge is -2.32. The van der Waals surface area contributed by atoms with Crippen molar-refractivity contribution in [3.05, 3.63) is 54.2 Å². The van der Waals surface area contributed by atoms with E-state index in [0.717, 1.165) is 37.1 Å². The van der Waals surface area contributed by atoms with Crippen molar-refractivity contribution >= 4 is 16.9 Å². The number of anilines is 1. The zero-order valence-corrected chi connectivity index (χ0v) is 17.2. The van der Waals surface area contributed by atoms with Gasteiger partial charge < -0.3 is 4.90 Å². The molecular formula is C23H29N5. The van der Waals surface area contributed by atoms with Gasteiger partial charge in [-0.1, -0.05) is 51.1 Å². The first-order chi connectivity index (χ1) is 13.4. The zero-order chi connectivity index (χ0) is 19.7. The van der Waals surface area contributed by atoms with E-state index in [2.05, 4.69) is 90.6 Å². The molecular weight excluding hydrogens is 346 g/mol. The van der Waals surface area contributed by atoms with E-state index in [1.54, 1.807) is 0 Å². The van der Waals surface area contributed by atoms with Crippen molar-refractivity contribution < 1.29 is 0 Å². The summed E-state index contributed by atoms with van der Waals surface area (Å²) in [6, 6.07) is 15.2. The molecule has 0 unspecified atom stereocenters. The predicted octanol–water partition coefficient (Wildman–Crippen LogP) is 4.17. The summed E-state index contributed by atoms with van der Waals surface area (Å²) in [5.41, 5.74) is 8.23. The van der Waals surface area contributed by atoms with Gasteiger partial charge in [0.05, 0.1) is 5.52 Å². The summed E-state index contributed by atoms with van der Waals surface area (Å²) in [5.74, 6) is 0.666. The van der Waals surface area contributed by atoms with Gasteiger partial charge in [0.15, 0.2) is 0 Å². The smallest absolute Gasteiger partial charge is 0.238 e. The normalized spacial score (nSPS) is 16.4. The second kappa shape index (κ2) is 7.49. The summed E-state index contributed by atoms with van der Waals surface area (Å²) < 4.78 is 0. The maximum absolute atomic E-state index is 4.69. The predicted molar refractivity (Wildman–Crippen MR) is 116 cm³/mol. The van der Waals surface area contributed by atoms with E-state index in [9.17, 15) is 0 Å². The maximum atomic E-state index is 4.69. The Labute approximate surface area is 167 Å². The summed E-state index contributed by atoms with van der Waals surface area (Å²) in [7, 11) is 2.15. The molecule has 3 aromatic rings. The Morgan fingerprint density at radius 1 is 0.893 bits per heavy atom. The minimum Gasteiger partial charge on any atom is -0.304 e. The van der Waals surface area contributed by atoms with E-state index in [1.807, 2.05) is 6.20 Å². The van der Waals surface area contributed by atoms with Crippen molar-refractivity contribution in [2.75, 3.05) is 38.7 Å². The zero-order valence-electron chi connectivity index (χ0n) is 17.2. The van der Waals surface area contributed by atoms with Gasteiger partial charge in [0.25, 0.3) is 0 Å². The van der Waals surface area contributed by atoms with Gasteiger partial charge in [-0.3, -0.25) is 5.43 Å². The minimum atomic E-state index is 0.170. The van der Waals surface area contributed by atoms with Crippen LogP contribution >= 0.6 is 0 Å². The van der Waals surface area contributed by atoms with Crippen LogP contribution in [0.5, 0.6) is 0 Å². The highest BCUT2D eigenvalue weighted by Crippen LogP contribution is 2.28. The molecule has 5 nitrogen and oxygen atoms in total. The standard InChI is InChI=1S/C23H29N5/c1-23(2,3)20-8-5-17(6-9-20)18-7-10-21-19(15-18)16-24-22(25-21)26-28-13-11-27(4)12-14-28/h5-10,15-16H,11-14H2,1-4H3,(H,24,25,26). The molecule has 0 amide bonds. The third-order valence-electron chi connectivity index (χ3n) is 5.43. The van der Waals surface area contributed by atoms with E-state index in [4.69, 9.17) is 4.98 Å². The lowest BCUT2D eigenvalue weighted by Crippen LogP contribution is -2.47. The van der Waals surface area contributed by atoms with Gasteiger partial charge in [-0.05, 0) is 41.3 Å². The first kappa shape index (κ1) is 18.8. The lowest BCUT2D eigenvalue weighted by atomic mass is 9.86. The molecule has 1 N–H and O–H groups in total. The van der Waals surface area contributed by atoms with E-state index in [-0.39, 0.29) is 5.41 Å². The minimum absolute atomic E-state index is 0.170. The van der Waals surface area contributed by atoms with Crippen LogP contribution in [0.25, 0.3) is 22.0 Å². The van der Waals surface area contributed by atoms with Crippen LogP contribution in [0.2, 0.25) is 0 Å². The Morgan fingerprint density at radius 3 is 2.25 bits per heavy atom. The molecule has 146 valence electrons. The van der Waals surface area contributed by atoms with E-state index in [1.165, 1.54) is 16.7 Å². The van der Waals surface area contributed by atoms with Crippen LogP contribution in [0.15, 0.2) is 48.7 Å². The SMILES string of the molecule is CN1CCN(Nc2ncc3cc(-c4ccc(C(C)(C)C)cc4)ccc3n2)CC1. The number of rotatable bonds is 3. The van der Waals surface area contributed by atoms with Crippen LogP contribution < -0.4 is 5.43 Å². The van der Waals surface area contributed by atoms with Crippen molar-refractivity contribution in [2.24, 2.45) is 0 Å². The van der Waals surface area contributed by atoms with Crippen LogP contribution in [-0.2, 0) is 5.41 Å². The molecule has 4 rings (SSSR count). The first-order valence-electron chi connectivity index (χ1n) is 9.96. The average molecular weight is 376 g/mol. The number of hydrazine groups is 1. The second-order valence-corrected chi connectivity index (χ2v) is 8.70. The van der Waals surface area contributed by atoms with Gasteiger partial charge in [0.2, 0.25) is 5.95 Å². The molecule has 1 aliphatic rings. The third kappa shape index (κ3) is 4.16. The highest BCUT2D eigenvalue weighted by Gasteiger charge is 2.15. The summed E-state index contributed by atoms with van der Waals surface area (Å²) in [6.07, 6.45) is 1.91. The Bertz CT molecular complexity index is 951. The molecule has 0 saturated carbocycles. The highest BCUT2D eigenvalue weighted by molar-refractivity contribution is 5.84. The fraction of sp³-hybridized carbons (Fsp3) is 0.391. The number of benzene rings is 2. The fourth-order valence-electron chi connectivity index (χ4n) is 3.49. The number of hydrogen-bond acceptors (Lipinski definition) is 5. The largest absolute Gasteiger partial charge is 0.304 e. The highest BCUT2D eigenvalue weighted by atomic mass is 15.5. The van der Waals surface area contributed by atoms with E-state index < -0.39 is 0 Å². The van der Waals surface area contributed by atoms with Gasteiger partial charge in [-0.25, -0.2) is 15.0 Å². The Morgan fingerprint density at radius 2 is 1.57 bits per heavy atom. The molecule has 1 saturated heterocycles. The van der Waals surface area contributed by atoms with Crippen LogP contribution in [0.1, 0.15) is 26.3 Å². The fourth-order valence-corrected chi connectivity index (χ4v) is 3.49. The third-order valence-corrected chi connectivity index (χ3v) is 5.43. The topological polar surface area (TPSA) is 44.3 Å². The van der Waals surface area contributed by atoms with Crippen molar-refractivity contribution in [3.63, 3.8) is 0 Å². The number of hydrogen-bond donors (Lipinski definition) is 1. The number of nitrogens with zero attached hydrogens (tertiary/aromatic N) is 4. The number of nitrogens with one attached hydrogen (secondary N) is 1. The molecule has 0 bridgehead atoms. The van der Waals surface area contributed by atoms with Gasteiger partial charge in [0, 0.05) is 37.8 Å². The van der Waals surface area contributed by atoms with Crippen LogP contribution in [0.3, 0.4) is 0 Å². The quantitative estimate of drug-likeness (QED) is 0.744. The van der Waals surface area contributed by atoms with Crippen molar-refractivity contribution in [3.8, 4) is 11.1 Å². The van der Waals surface area contributed by atoms with E-state index >= 15 is 0 Å². The number of piperazine rings is 1. The molecule has 1 aliphatic heterocycles. The molecule has 5 heteroatoms. The molecule has 0 aliphatic carbocycles. The first-order valence-corrected chi connectivity index (χ1v) is 9.96. The second-order valence-electron chi connectivity index (χ2n) is 8.70. The molecule has 0 radical (unpaired) electrons. The molecule has 28 heavy (non-hydrogen) atoms. The van der Waals surface area contributed by atoms with Gasteiger partial charge in [-0.2, -0.15) is 0 Å². The molecule has 2 aromatic carbocycles. The Kier molecular flexibility index (Phi) is 5.04. The maximum Gasteiger partial charge on any atom is 0.238 e. The van der Waals surface area contributed by atoms with Gasteiger partial charge in [0.1, 0.15) is 0 Å². The average Bonchev–Trinajstić information content (AvgIpc) is 2.69. The van der Waals surface area contributed by atoms with Crippen LogP contribution in [0, 0.1) is 0 Å². The van der Waals surface area contributed by atoms with Crippen molar-refractivity contribution in [1.82, 2.24) is 19.9 Å². The Hall–Kier alpha value is -2.50. The van der Waals surface area contributed by atoms with Gasteiger partial charge >= 0.3 is 0 Å². The van der Waals surface area contributed by atoms with Crippen LogP contribution in [0.4, 0.5) is 5.95 Å². The lowest BCUT2D eigenvalue weighted by molar-refractivity contribution is 0.178. The Balaban J connectivity index is 1.53. The molecule has 1 fully saturated rings. The number of likely N-dealkylation sites (N-methyl/N-ethyl adjacent to an activating group) is 1. The summed E-state index contributed by atoms with van der Waals surface area (Å²) in [5, 5.41) is 3.24. The summed E-state index contributed by atoms with van der Waals surface area (Å²) in [6.45, 7) is 10.8. The van der Waals surface area contributed by atoms with Gasteiger partial charge in [-0.15, -0.1) is 0 Å². The number of aromatic nitrogens is 2.